The van der Waals surface area contributed by atoms with Gasteiger partial charge in [0.1, 0.15) is 17.1 Å². The predicted molar refractivity (Wildman–Crippen MR) is 180 cm³/mol. The molecule has 3 unspecified atom stereocenters. The summed E-state index contributed by atoms with van der Waals surface area (Å²) in [5.41, 5.74) is 1.54. The molecule has 47 heavy (non-hydrogen) atoms. The third kappa shape index (κ3) is 6.34. The highest BCUT2D eigenvalue weighted by Gasteiger charge is 2.50. The minimum Gasteiger partial charge on any atom is -0.494 e. The molecule has 2 aromatic carbocycles. The highest BCUT2D eigenvalue weighted by atomic mass is 31.1. The Morgan fingerprint density at radius 2 is 1.77 bits per heavy atom. The molecule has 9 nitrogen and oxygen atoms in total. The number of alkyl halides is 3. The number of amides is 1. The average molecular weight is 668 g/mol. The summed E-state index contributed by atoms with van der Waals surface area (Å²) in [7, 11) is 3.17. The van der Waals surface area contributed by atoms with Crippen LogP contribution >= 0.6 is 7.92 Å². The van der Waals surface area contributed by atoms with Gasteiger partial charge in [0.25, 0.3) is 5.91 Å². The van der Waals surface area contributed by atoms with Crippen LogP contribution in [0.4, 0.5) is 42.0 Å². The third-order valence-corrected chi connectivity index (χ3v) is 13.8. The van der Waals surface area contributed by atoms with Gasteiger partial charge in [0.05, 0.1) is 24.0 Å². The molecule has 4 saturated heterocycles. The summed E-state index contributed by atoms with van der Waals surface area (Å²) in [5.74, 6) is 3.30. The number of hydrogen-bond acceptors (Lipinski definition) is 8. The number of methoxy groups -OCH3 is 1. The number of benzene rings is 2. The fourth-order valence-corrected chi connectivity index (χ4v) is 12.3. The minimum atomic E-state index is -4.72. The molecule has 5 aliphatic rings. The molecule has 3 atom stereocenters. The van der Waals surface area contributed by atoms with Crippen molar-refractivity contribution in [2.45, 2.75) is 38.1 Å². The highest BCUT2D eigenvalue weighted by molar-refractivity contribution is 7.58. The van der Waals surface area contributed by atoms with E-state index in [1.165, 1.54) is 44.7 Å². The number of para-hydroxylation sites is 1. The van der Waals surface area contributed by atoms with E-state index < -0.39 is 23.5 Å². The number of rotatable bonds is 8. The van der Waals surface area contributed by atoms with Gasteiger partial charge in [-0.2, -0.15) is 18.2 Å². The maximum absolute atomic E-state index is 14.0. The van der Waals surface area contributed by atoms with Crippen LogP contribution < -0.4 is 25.6 Å². The number of aromatic nitrogens is 2. The number of carbonyl (C=O) groups excluding carboxylic acids is 1. The van der Waals surface area contributed by atoms with Gasteiger partial charge in [-0.15, -0.1) is 0 Å². The molecule has 13 heteroatoms. The lowest BCUT2D eigenvalue weighted by Gasteiger charge is -2.58. The maximum Gasteiger partial charge on any atom is 0.421 e. The van der Waals surface area contributed by atoms with Crippen molar-refractivity contribution >= 4 is 42.7 Å². The predicted octanol–water partition coefficient (Wildman–Crippen LogP) is 6.65. The van der Waals surface area contributed by atoms with E-state index in [9.17, 15) is 18.0 Å². The second-order valence-electron chi connectivity index (χ2n) is 13.3. The van der Waals surface area contributed by atoms with E-state index in [0.717, 1.165) is 61.6 Å². The van der Waals surface area contributed by atoms with Gasteiger partial charge in [0, 0.05) is 57.0 Å². The Balaban J connectivity index is 1.07. The number of hydrogen-bond donors (Lipinski definition) is 3. The molecular weight excluding hydrogens is 626 g/mol. The molecule has 4 aliphatic heterocycles. The molecule has 0 radical (unpaired) electrons. The molecule has 5 heterocycles. The lowest BCUT2D eigenvalue weighted by atomic mass is 9.75. The fourth-order valence-electron chi connectivity index (χ4n) is 8.30. The Kier molecular flexibility index (Phi) is 8.68. The van der Waals surface area contributed by atoms with Crippen LogP contribution in [0.25, 0.3) is 0 Å². The Hall–Kier alpha value is -3.63. The van der Waals surface area contributed by atoms with Crippen LogP contribution in [0, 0.1) is 24.7 Å². The first-order valence-electron chi connectivity index (χ1n) is 16.3. The fraction of sp³-hybridized carbons (Fsp3) is 0.500. The molecule has 5 fully saturated rings. The molecule has 0 spiro atoms. The van der Waals surface area contributed by atoms with Crippen LogP contribution in [-0.2, 0) is 6.18 Å². The second kappa shape index (κ2) is 12.8. The summed E-state index contributed by atoms with van der Waals surface area (Å²) in [4.78, 5) is 25.9. The number of aryl methyl sites for hydroxylation is 1. The second-order valence-corrected chi connectivity index (χ2v) is 15.7. The maximum atomic E-state index is 14.0. The van der Waals surface area contributed by atoms with Gasteiger partial charge in [-0.25, -0.2) is 4.98 Å². The summed E-state index contributed by atoms with van der Waals surface area (Å²) < 4.78 is 47.8. The number of ether oxygens (including phenoxy) is 1. The van der Waals surface area contributed by atoms with Crippen LogP contribution in [0.15, 0.2) is 42.6 Å². The van der Waals surface area contributed by atoms with Crippen molar-refractivity contribution in [2.24, 2.45) is 17.8 Å². The average Bonchev–Trinajstić information content (AvgIpc) is 3.05. The summed E-state index contributed by atoms with van der Waals surface area (Å²) in [6.07, 6.45) is 3.35. The summed E-state index contributed by atoms with van der Waals surface area (Å²) in [5, 5.41) is 8.34. The van der Waals surface area contributed by atoms with Gasteiger partial charge in [-0.1, -0.05) is 20.1 Å². The molecular formula is C34H41F3N7O2P. The quantitative estimate of drug-likeness (QED) is 0.230. The van der Waals surface area contributed by atoms with Crippen molar-refractivity contribution < 1.29 is 22.7 Å². The van der Waals surface area contributed by atoms with Crippen LogP contribution in [0.1, 0.15) is 40.7 Å². The van der Waals surface area contributed by atoms with Crippen molar-refractivity contribution in [1.82, 2.24) is 20.2 Å². The van der Waals surface area contributed by atoms with Crippen molar-refractivity contribution in [3.05, 3.63) is 59.3 Å². The number of nitrogens with one attached hydrogen (secondary N) is 3. The molecule has 3 N–H and O–H groups in total. The summed E-state index contributed by atoms with van der Waals surface area (Å²) >= 11 is 0. The van der Waals surface area contributed by atoms with Crippen LogP contribution in [0.2, 0.25) is 0 Å². The van der Waals surface area contributed by atoms with Crippen molar-refractivity contribution in [2.75, 3.05) is 68.2 Å². The van der Waals surface area contributed by atoms with Crippen LogP contribution in [0.3, 0.4) is 0 Å². The van der Waals surface area contributed by atoms with Crippen LogP contribution in [0.5, 0.6) is 5.75 Å². The summed E-state index contributed by atoms with van der Waals surface area (Å²) in [6, 6.07) is 10.7. The molecule has 250 valence electrons. The Bertz CT molecular complexity index is 1620. The van der Waals surface area contributed by atoms with Gasteiger partial charge in [0.2, 0.25) is 5.95 Å². The Morgan fingerprint density at radius 1 is 1.02 bits per heavy atom. The molecule has 8 rings (SSSR count). The number of piperazine rings is 1. The van der Waals surface area contributed by atoms with E-state index >= 15 is 0 Å². The number of anilines is 5. The molecule has 4 bridgehead atoms. The summed E-state index contributed by atoms with van der Waals surface area (Å²) in [6.45, 7) is 5.73. The smallest absolute Gasteiger partial charge is 0.421 e. The van der Waals surface area contributed by atoms with Gasteiger partial charge < -0.3 is 25.6 Å². The largest absolute Gasteiger partial charge is 0.494 e. The zero-order valence-electron chi connectivity index (χ0n) is 26.9. The molecule has 1 amide bonds. The van der Waals surface area contributed by atoms with E-state index in [-0.39, 0.29) is 25.1 Å². The van der Waals surface area contributed by atoms with E-state index in [2.05, 4.69) is 35.7 Å². The normalized spacial score (nSPS) is 25.5. The van der Waals surface area contributed by atoms with Gasteiger partial charge in [-0.3, -0.25) is 9.69 Å². The first kappa shape index (κ1) is 31.9. The van der Waals surface area contributed by atoms with Crippen LogP contribution in [-0.4, -0.2) is 79.2 Å². The zero-order chi connectivity index (χ0) is 32.9. The molecule has 3 aromatic rings. The monoisotopic (exact) mass is 667 g/mol. The topological polar surface area (TPSA) is 94.6 Å². The van der Waals surface area contributed by atoms with E-state index in [0.29, 0.717) is 17.0 Å². The lowest BCUT2D eigenvalue weighted by molar-refractivity contribution is -0.137. The first-order valence-corrected chi connectivity index (χ1v) is 18.1. The Labute approximate surface area is 274 Å². The van der Waals surface area contributed by atoms with Crippen molar-refractivity contribution in [1.29, 1.82) is 0 Å². The standard InChI is InChI=1S/C34H41F3N7O2P/c1-20-5-4-6-25(31(45)38-2)29(20)41-30-26(34(35,36)37)17-39-33(42-30)40-27-8-7-24(16-28(27)46-3)43-9-11-44(12-10-43)32-23-14-21-13-22(15-23)19-47(32)18-21/h4-8,16-17,21-23,32H,9-15,18-19H2,1-3H3,(H,38,45)(H2,39,40,41,42). The van der Waals surface area contributed by atoms with E-state index in [1.54, 1.807) is 26.2 Å². The highest BCUT2D eigenvalue weighted by Crippen LogP contribution is 2.65. The molecule has 1 aliphatic carbocycles. The van der Waals surface area contributed by atoms with Gasteiger partial charge >= 0.3 is 6.18 Å². The lowest BCUT2D eigenvalue weighted by Crippen LogP contribution is -2.56. The van der Waals surface area contributed by atoms with Crippen molar-refractivity contribution in [3.63, 3.8) is 0 Å². The van der Waals surface area contributed by atoms with E-state index in [1.807, 2.05) is 18.2 Å². The zero-order valence-corrected chi connectivity index (χ0v) is 27.8. The van der Waals surface area contributed by atoms with Gasteiger partial charge in [0.15, 0.2) is 0 Å². The number of halogens is 3. The molecule has 1 aromatic heterocycles. The van der Waals surface area contributed by atoms with E-state index in [4.69, 9.17) is 4.74 Å². The number of nitrogens with zero attached hydrogens (tertiary/aromatic N) is 4. The number of carbonyl (C=O) groups is 1. The minimum absolute atomic E-state index is 0.0483. The first-order chi connectivity index (χ1) is 22.6. The molecule has 1 saturated carbocycles. The third-order valence-electron chi connectivity index (χ3n) is 10.3. The SMILES string of the molecule is CNC(=O)c1cccc(C)c1Nc1nc(Nc2ccc(N3CCN(C4C5CC6CC(C5)CP4C6)CC3)cc2OC)ncc1C(F)(F)F. The Morgan fingerprint density at radius 3 is 2.43 bits per heavy atom. The van der Waals surface area contributed by atoms with Gasteiger partial charge in [-0.05, 0) is 80.0 Å². The van der Waals surface area contributed by atoms with Crippen molar-refractivity contribution in [3.8, 4) is 5.75 Å².